The molecule has 0 saturated heterocycles. The minimum atomic E-state index is -3.67. The van der Waals surface area contributed by atoms with Gasteiger partial charge in [0.15, 0.2) is 9.84 Å². The second kappa shape index (κ2) is 10.7. The summed E-state index contributed by atoms with van der Waals surface area (Å²) < 4.78 is 30.5. The van der Waals surface area contributed by atoms with E-state index in [9.17, 15) is 18.0 Å². The third kappa shape index (κ3) is 5.71. The molecule has 1 aliphatic rings. The van der Waals surface area contributed by atoms with Crippen molar-refractivity contribution in [2.24, 2.45) is 0 Å². The normalized spacial score (nSPS) is 14.0. The number of ether oxygens (including phenoxy) is 1. The number of fused-ring (bicyclic) bond motifs is 1. The number of benzene rings is 3. The van der Waals surface area contributed by atoms with E-state index in [1.165, 1.54) is 19.2 Å². The fraction of sp³-hybridized carbons (Fsp3) is 0.259. The number of para-hydroxylation sites is 1. The van der Waals surface area contributed by atoms with E-state index >= 15 is 0 Å². The van der Waals surface area contributed by atoms with Crippen LogP contribution < -0.4 is 15.0 Å². The number of nitrogens with one attached hydrogen (secondary N) is 1. The predicted octanol–water partition coefficient (Wildman–Crippen LogP) is 3.70. The standard InChI is InChI=1S/C27H28N2O5S/c1-34-22-13-15-23(16-14-22)35(32,33)19-17-25(30)28-26(21-9-3-2-4-10-21)27(31)29-18-7-11-20-8-5-6-12-24(20)29/h2-6,8-10,12-16,26H,7,11,17-19H2,1H3,(H,28,30). The summed E-state index contributed by atoms with van der Waals surface area (Å²) in [5.41, 5.74) is 2.59. The first kappa shape index (κ1) is 24.5. The van der Waals surface area contributed by atoms with Gasteiger partial charge in [-0.2, -0.15) is 0 Å². The zero-order valence-corrected chi connectivity index (χ0v) is 20.3. The van der Waals surface area contributed by atoms with Gasteiger partial charge in [0, 0.05) is 18.7 Å². The molecular weight excluding hydrogens is 464 g/mol. The average Bonchev–Trinajstić information content (AvgIpc) is 2.90. The number of carbonyl (C=O) groups is 2. The summed E-state index contributed by atoms with van der Waals surface area (Å²) >= 11 is 0. The second-order valence-electron chi connectivity index (χ2n) is 8.38. The third-order valence-electron chi connectivity index (χ3n) is 6.08. The Morgan fingerprint density at radius 3 is 2.37 bits per heavy atom. The maximum atomic E-state index is 13.7. The number of hydrogen-bond acceptors (Lipinski definition) is 5. The lowest BCUT2D eigenvalue weighted by Crippen LogP contribution is -2.45. The molecule has 182 valence electrons. The number of aryl methyl sites for hydroxylation is 1. The highest BCUT2D eigenvalue weighted by atomic mass is 32.2. The Morgan fingerprint density at radius 1 is 0.971 bits per heavy atom. The molecule has 0 bridgehead atoms. The van der Waals surface area contributed by atoms with Crippen LogP contribution in [0.4, 0.5) is 5.69 Å². The molecule has 2 amide bonds. The Morgan fingerprint density at radius 2 is 1.66 bits per heavy atom. The van der Waals surface area contributed by atoms with E-state index in [0.717, 1.165) is 24.1 Å². The summed E-state index contributed by atoms with van der Waals surface area (Å²) in [6.07, 6.45) is 1.46. The van der Waals surface area contributed by atoms with Gasteiger partial charge in [0.2, 0.25) is 5.91 Å². The Kier molecular flexibility index (Phi) is 7.51. The number of hydrogen-bond donors (Lipinski definition) is 1. The molecule has 0 aromatic heterocycles. The third-order valence-corrected chi connectivity index (χ3v) is 7.81. The molecule has 35 heavy (non-hydrogen) atoms. The number of rotatable bonds is 8. The zero-order valence-electron chi connectivity index (χ0n) is 19.5. The van der Waals surface area contributed by atoms with E-state index in [-0.39, 0.29) is 23.0 Å². The maximum absolute atomic E-state index is 13.7. The highest BCUT2D eigenvalue weighted by Crippen LogP contribution is 2.29. The van der Waals surface area contributed by atoms with Crippen LogP contribution in [-0.4, -0.2) is 39.6 Å². The SMILES string of the molecule is COc1ccc(S(=O)(=O)CCC(=O)NC(C(=O)N2CCCc3ccccc32)c2ccccc2)cc1. The molecule has 8 heteroatoms. The molecule has 4 rings (SSSR count). The van der Waals surface area contributed by atoms with Crippen molar-refractivity contribution in [3.05, 3.63) is 90.0 Å². The minimum Gasteiger partial charge on any atom is -0.497 e. The van der Waals surface area contributed by atoms with Crippen molar-refractivity contribution >= 4 is 27.3 Å². The van der Waals surface area contributed by atoms with Crippen LogP contribution in [-0.2, 0) is 25.8 Å². The second-order valence-corrected chi connectivity index (χ2v) is 10.5. The van der Waals surface area contributed by atoms with Gasteiger partial charge in [-0.05, 0) is 54.3 Å². The molecule has 0 spiro atoms. The maximum Gasteiger partial charge on any atom is 0.254 e. The fourth-order valence-corrected chi connectivity index (χ4v) is 5.45. The number of sulfone groups is 1. The van der Waals surface area contributed by atoms with Crippen LogP contribution in [0.3, 0.4) is 0 Å². The van der Waals surface area contributed by atoms with Crippen LogP contribution in [0.2, 0.25) is 0 Å². The molecule has 1 N–H and O–H groups in total. The first-order valence-corrected chi connectivity index (χ1v) is 13.1. The Hall–Kier alpha value is -3.65. The first-order valence-electron chi connectivity index (χ1n) is 11.5. The summed E-state index contributed by atoms with van der Waals surface area (Å²) in [5.74, 6) is -0.567. The first-order chi connectivity index (χ1) is 16.9. The number of methoxy groups -OCH3 is 1. The van der Waals surface area contributed by atoms with E-state index in [4.69, 9.17) is 4.74 Å². The quantitative estimate of drug-likeness (QED) is 0.518. The van der Waals surface area contributed by atoms with Crippen molar-refractivity contribution in [2.75, 3.05) is 24.3 Å². The van der Waals surface area contributed by atoms with Gasteiger partial charge in [-0.15, -0.1) is 0 Å². The van der Waals surface area contributed by atoms with Crippen molar-refractivity contribution in [1.29, 1.82) is 0 Å². The monoisotopic (exact) mass is 492 g/mol. The van der Waals surface area contributed by atoms with Crippen LogP contribution in [0.15, 0.2) is 83.8 Å². The molecule has 3 aromatic rings. The molecule has 1 heterocycles. The van der Waals surface area contributed by atoms with Crippen molar-refractivity contribution in [3.8, 4) is 5.75 Å². The number of nitrogens with zero attached hydrogens (tertiary/aromatic N) is 1. The lowest BCUT2D eigenvalue weighted by molar-refractivity contribution is -0.127. The van der Waals surface area contributed by atoms with Crippen molar-refractivity contribution in [2.45, 2.75) is 30.2 Å². The van der Waals surface area contributed by atoms with Gasteiger partial charge in [0.1, 0.15) is 11.8 Å². The summed E-state index contributed by atoms with van der Waals surface area (Å²) in [7, 11) is -2.17. The van der Waals surface area contributed by atoms with Crippen LogP contribution >= 0.6 is 0 Å². The minimum absolute atomic E-state index is 0.117. The largest absolute Gasteiger partial charge is 0.497 e. The van der Waals surface area contributed by atoms with Crippen molar-refractivity contribution in [3.63, 3.8) is 0 Å². The van der Waals surface area contributed by atoms with Crippen molar-refractivity contribution in [1.82, 2.24) is 5.32 Å². The Bertz CT molecular complexity index is 1290. The van der Waals surface area contributed by atoms with Gasteiger partial charge in [-0.3, -0.25) is 9.59 Å². The van der Waals surface area contributed by atoms with E-state index < -0.39 is 21.8 Å². The Balaban J connectivity index is 1.50. The summed E-state index contributed by atoms with van der Waals surface area (Å²) in [4.78, 5) is 28.4. The summed E-state index contributed by atoms with van der Waals surface area (Å²) in [6, 6.07) is 21.9. The number of carbonyl (C=O) groups excluding carboxylic acids is 2. The Labute approximate surface area is 205 Å². The molecule has 3 aromatic carbocycles. The van der Waals surface area contributed by atoms with Gasteiger partial charge < -0.3 is 15.0 Å². The lowest BCUT2D eigenvalue weighted by Gasteiger charge is -2.32. The molecule has 7 nitrogen and oxygen atoms in total. The number of anilines is 1. The molecule has 0 fully saturated rings. The van der Waals surface area contributed by atoms with Crippen LogP contribution in [0.25, 0.3) is 0 Å². The van der Waals surface area contributed by atoms with Gasteiger partial charge in [0.05, 0.1) is 17.8 Å². The topological polar surface area (TPSA) is 92.8 Å². The highest BCUT2D eigenvalue weighted by molar-refractivity contribution is 7.91. The van der Waals surface area contributed by atoms with E-state index in [2.05, 4.69) is 5.32 Å². The molecule has 1 aliphatic heterocycles. The summed E-state index contributed by atoms with van der Waals surface area (Å²) in [5, 5.41) is 2.79. The predicted molar refractivity (Wildman–Crippen MR) is 134 cm³/mol. The highest BCUT2D eigenvalue weighted by Gasteiger charge is 2.31. The lowest BCUT2D eigenvalue weighted by atomic mass is 9.99. The molecule has 0 saturated carbocycles. The molecule has 1 unspecified atom stereocenters. The smallest absolute Gasteiger partial charge is 0.254 e. The summed E-state index contributed by atoms with van der Waals surface area (Å²) in [6.45, 7) is 0.556. The number of amides is 2. The van der Waals surface area contributed by atoms with E-state index in [1.54, 1.807) is 41.3 Å². The van der Waals surface area contributed by atoms with E-state index in [0.29, 0.717) is 17.9 Å². The molecule has 0 aliphatic carbocycles. The van der Waals surface area contributed by atoms with Crippen molar-refractivity contribution < 1.29 is 22.7 Å². The van der Waals surface area contributed by atoms with Gasteiger partial charge >= 0.3 is 0 Å². The molecule has 0 radical (unpaired) electrons. The van der Waals surface area contributed by atoms with Crippen LogP contribution in [0.5, 0.6) is 5.75 Å². The van der Waals surface area contributed by atoms with Gasteiger partial charge in [-0.25, -0.2) is 8.42 Å². The van der Waals surface area contributed by atoms with Crippen LogP contribution in [0, 0.1) is 0 Å². The average molecular weight is 493 g/mol. The zero-order chi connectivity index (χ0) is 24.8. The molecule has 1 atom stereocenters. The van der Waals surface area contributed by atoms with Gasteiger partial charge in [-0.1, -0.05) is 48.5 Å². The van der Waals surface area contributed by atoms with Gasteiger partial charge in [0.25, 0.3) is 5.91 Å². The van der Waals surface area contributed by atoms with E-state index in [1.807, 2.05) is 30.3 Å². The fourth-order valence-electron chi connectivity index (χ4n) is 4.21. The van der Waals surface area contributed by atoms with Crippen LogP contribution in [0.1, 0.15) is 30.0 Å². The molecular formula is C27H28N2O5S.